The van der Waals surface area contributed by atoms with Crippen LogP contribution in [-0.4, -0.2) is 50.9 Å². The number of benzene rings is 2. The Labute approximate surface area is 195 Å². The predicted octanol–water partition coefficient (Wildman–Crippen LogP) is 3.56. The summed E-state index contributed by atoms with van der Waals surface area (Å²) in [6, 6.07) is 13.3. The van der Waals surface area contributed by atoms with Crippen LogP contribution in [0.3, 0.4) is 0 Å². The van der Waals surface area contributed by atoms with Gasteiger partial charge < -0.3 is 10.1 Å². The molecule has 1 aliphatic heterocycles. The summed E-state index contributed by atoms with van der Waals surface area (Å²) in [5.41, 5.74) is 1.66. The van der Waals surface area contributed by atoms with Gasteiger partial charge in [-0.3, -0.25) is 9.69 Å². The molecule has 0 aromatic heterocycles. The van der Waals surface area contributed by atoms with Gasteiger partial charge in [0.2, 0.25) is 10.0 Å². The van der Waals surface area contributed by atoms with E-state index in [2.05, 4.69) is 5.32 Å². The average molecular weight is 474 g/mol. The zero-order valence-corrected chi connectivity index (χ0v) is 20.3. The molecule has 2 amide bonds. The highest BCUT2D eigenvalue weighted by Gasteiger charge is 2.33. The number of anilines is 1. The largest absolute Gasteiger partial charge is 0.426 e. The number of ether oxygens (including phenoxy) is 1. The number of nitrogens with zero attached hydrogens (tertiary/aromatic N) is 2. The molecule has 1 aliphatic rings. The highest BCUT2D eigenvalue weighted by molar-refractivity contribution is 7.89. The molecule has 2 aromatic carbocycles. The maximum Gasteiger partial charge on any atom is 0.321 e. The molecule has 3 rings (SSSR count). The van der Waals surface area contributed by atoms with E-state index >= 15 is 0 Å². The second-order valence-corrected chi connectivity index (χ2v) is 10.5. The fraction of sp³-hybridized carbons (Fsp3) is 0.417. The van der Waals surface area contributed by atoms with Gasteiger partial charge >= 0.3 is 12.0 Å². The molecule has 1 saturated heterocycles. The van der Waals surface area contributed by atoms with Crippen molar-refractivity contribution in [3.05, 3.63) is 54.1 Å². The lowest BCUT2D eigenvalue weighted by Gasteiger charge is -2.30. The third-order valence-corrected chi connectivity index (χ3v) is 7.52. The normalized spacial score (nSPS) is 15.3. The Balaban J connectivity index is 1.55. The molecule has 0 spiro atoms. The molecule has 33 heavy (non-hydrogen) atoms. The van der Waals surface area contributed by atoms with Gasteiger partial charge in [-0.05, 0) is 70.0 Å². The monoisotopic (exact) mass is 473 g/mol. The minimum atomic E-state index is -3.57. The van der Waals surface area contributed by atoms with Crippen molar-refractivity contribution < 1.29 is 22.7 Å². The van der Waals surface area contributed by atoms with Crippen LogP contribution in [0, 0.1) is 12.8 Å². The molecule has 0 aliphatic carbocycles. The first kappa shape index (κ1) is 24.7. The fourth-order valence-corrected chi connectivity index (χ4v) is 5.06. The smallest absolute Gasteiger partial charge is 0.321 e. The number of urea groups is 1. The molecule has 1 N–H and O–H groups in total. The average Bonchev–Trinajstić information content (AvgIpc) is 2.79. The first-order valence-corrected chi connectivity index (χ1v) is 12.4. The van der Waals surface area contributed by atoms with E-state index in [1.165, 1.54) is 9.21 Å². The lowest BCUT2D eigenvalue weighted by Crippen LogP contribution is -2.41. The second-order valence-electron chi connectivity index (χ2n) is 8.57. The lowest BCUT2D eigenvalue weighted by molar-refractivity contribution is -0.140. The Morgan fingerprint density at radius 2 is 1.61 bits per heavy atom. The van der Waals surface area contributed by atoms with Gasteiger partial charge in [0.25, 0.3) is 0 Å². The maximum absolute atomic E-state index is 12.8. The Kier molecular flexibility index (Phi) is 7.76. The van der Waals surface area contributed by atoms with Crippen molar-refractivity contribution in [2.75, 3.05) is 25.0 Å². The first-order chi connectivity index (χ1) is 15.6. The Hall–Kier alpha value is -2.91. The van der Waals surface area contributed by atoms with Gasteiger partial charge in [0.1, 0.15) is 5.75 Å². The molecule has 0 atom stereocenters. The SMILES string of the molecule is Cc1ccc(S(=O)(=O)N2CCC(C(=O)Oc3ccc(N(C)C(=O)NC(C)C)cc3)CC2)cc1. The predicted molar refractivity (Wildman–Crippen MR) is 127 cm³/mol. The molecule has 178 valence electrons. The number of piperidine rings is 1. The minimum absolute atomic E-state index is 0.0264. The summed E-state index contributed by atoms with van der Waals surface area (Å²) in [5.74, 6) is -0.356. The summed E-state index contributed by atoms with van der Waals surface area (Å²) in [6.45, 7) is 6.21. The minimum Gasteiger partial charge on any atom is -0.426 e. The van der Waals surface area contributed by atoms with Crippen LogP contribution in [0.4, 0.5) is 10.5 Å². The quantitative estimate of drug-likeness (QED) is 0.511. The molecule has 0 unspecified atom stereocenters. The van der Waals surface area contributed by atoms with Gasteiger partial charge in [-0.25, -0.2) is 13.2 Å². The number of nitrogens with one attached hydrogen (secondary N) is 1. The number of esters is 1. The van der Waals surface area contributed by atoms with Crippen molar-refractivity contribution in [1.29, 1.82) is 0 Å². The van der Waals surface area contributed by atoms with E-state index in [9.17, 15) is 18.0 Å². The van der Waals surface area contributed by atoms with Gasteiger partial charge in [0.15, 0.2) is 0 Å². The molecular formula is C24H31N3O5S. The maximum atomic E-state index is 12.8. The van der Waals surface area contributed by atoms with Crippen LogP contribution in [0.2, 0.25) is 0 Å². The van der Waals surface area contributed by atoms with Crippen LogP contribution in [0.15, 0.2) is 53.4 Å². The van der Waals surface area contributed by atoms with E-state index in [1.807, 2.05) is 20.8 Å². The second kappa shape index (κ2) is 10.4. The van der Waals surface area contributed by atoms with Crippen LogP contribution in [0.25, 0.3) is 0 Å². The van der Waals surface area contributed by atoms with Gasteiger partial charge in [-0.15, -0.1) is 0 Å². The zero-order chi connectivity index (χ0) is 24.2. The van der Waals surface area contributed by atoms with Crippen LogP contribution >= 0.6 is 0 Å². The van der Waals surface area contributed by atoms with Crippen molar-refractivity contribution in [2.24, 2.45) is 5.92 Å². The van der Waals surface area contributed by atoms with E-state index in [-0.39, 0.29) is 41.9 Å². The molecule has 1 heterocycles. The summed E-state index contributed by atoms with van der Waals surface area (Å²) < 4.78 is 32.6. The highest BCUT2D eigenvalue weighted by Crippen LogP contribution is 2.26. The van der Waals surface area contributed by atoms with E-state index in [0.29, 0.717) is 24.3 Å². The number of carbonyl (C=O) groups is 2. The van der Waals surface area contributed by atoms with Crippen LogP contribution in [0.5, 0.6) is 5.75 Å². The lowest BCUT2D eigenvalue weighted by atomic mass is 9.98. The molecule has 2 aromatic rings. The van der Waals surface area contributed by atoms with Gasteiger partial charge in [-0.2, -0.15) is 4.31 Å². The van der Waals surface area contributed by atoms with Gasteiger partial charge in [0.05, 0.1) is 10.8 Å². The third-order valence-electron chi connectivity index (χ3n) is 5.61. The van der Waals surface area contributed by atoms with Crippen molar-refractivity contribution >= 4 is 27.7 Å². The van der Waals surface area contributed by atoms with Crippen molar-refractivity contribution in [2.45, 2.75) is 44.6 Å². The molecule has 0 saturated carbocycles. The number of aryl methyl sites for hydroxylation is 1. The van der Waals surface area contributed by atoms with Crippen LogP contribution in [-0.2, 0) is 14.8 Å². The molecule has 9 heteroatoms. The topological polar surface area (TPSA) is 96.0 Å². The number of amides is 2. The Bertz CT molecular complexity index is 1070. The number of carbonyl (C=O) groups excluding carboxylic acids is 2. The van der Waals surface area contributed by atoms with Gasteiger partial charge in [0, 0.05) is 31.9 Å². The van der Waals surface area contributed by atoms with E-state index < -0.39 is 10.0 Å². The summed E-state index contributed by atoms with van der Waals surface area (Å²) >= 11 is 0. The van der Waals surface area contributed by atoms with E-state index in [4.69, 9.17) is 4.74 Å². The molecule has 0 bridgehead atoms. The van der Waals surface area contributed by atoms with Crippen LogP contribution < -0.4 is 15.0 Å². The number of rotatable bonds is 6. The summed E-state index contributed by atoms with van der Waals surface area (Å²) in [6.07, 6.45) is 0.806. The van der Waals surface area contributed by atoms with Crippen LogP contribution in [0.1, 0.15) is 32.3 Å². The number of sulfonamides is 1. The molecule has 8 nitrogen and oxygen atoms in total. The zero-order valence-electron chi connectivity index (χ0n) is 19.4. The third kappa shape index (κ3) is 6.11. The summed E-state index contributed by atoms with van der Waals surface area (Å²) in [7, 11) is -1.91. The molecule has 0 radical (unpaired) electrons. The fourth-order valence-electron chi connectivity index (χ4n) is 3.59. The Morgan fingerprint density at radius 3 is 2.15 bits per heavy atom. The number of hydrogen-bond acceptors (Lipinski definition) is 5. The first-order valence-electron chi connectivity index (χ1n) is 11.0. The van der Waals surface area contributed by atoms with E-state index in [1.54, 1.807) is 55.6 Å². The summed E-state index contributed by atoms with van der Waals surface area (Å²) in [5, 5.41) is 2.81. The van der Waals surface area contributed by atoms with Gasteiger partial charge in [-0.1, -0.05) is 17.7 Å². The van der Waals surface area contributed by atoms with Crippen molar-refractivity contribution in [3.63, 3.8) is 0 Å². The highest BCUT2D eigenvalue weighted by atomic mass is 32.2. The molecule has 1 fully saturated rings. The van der Waals surface area contributed by atoms with Crippen molar-refractivity contribution in [3.8, 4) is 5.75 Å². The standard InChI is InChI=1S/C24H31N3O5S/c1-17(2)25-24(29)26(4)20-7-9-21(10-8-20)32-23(28)19-13-15-27(16-14-19)33(30,31)22-11-5-18(3)6-12-22/h5-12,17,19H,13-16H2,1-4H3,(H,25,29). The molecular weight excluding hydrogens is 442 g/mol. The van der Waals surface area contributed by atoms with E-state index in [0.717, 1.165) is 5.56 Å². The number of hydrogen-bond donors (Lipinski definition) is 1. The summed E-state index contributed by atoms with van der Waals surface area (Å²) in [4.78, 5) is 26.5. The Morgan fingerprint density at radius 1 is 1.03 bits per heavy atom. The van der Waals surface area contributed by atoms with Crippen molar-refractivity contribution in [1.82, 2.24) is 9.62 Å².